The Bertz CT molecular complexity index is 1440. The van der Waals surface area contributed by atoms with Crippen LogP contribution in [0.4, 0.5) is 8.78 Å². The number of primary amides is 1. The van der Waals surface area contributed by atoms with Crippen molar-refractivity contribution in [1.29, 1.82) is 0 Å². The first kappa shape index (κ1) is 28.0. The second-order valence-corrected chi connectivity index (χ2v) is 9.56. The number of aromatic nitrogens is 1. The van der Waals surface area contributed by atoms with Crippen LogP contribution in [0.15, 0.2) is 42.6 Å². The number of hydrogen-bond donors (Lipinski definition) is 1. The van der Waals surface area contributed by atoms with Gasteiger partial charge in [0.05, 0.1) is 35.8 Å². The Morgan fingerprint density at radius 2 is 1.95 bits per heavy atom. The highest BCUT2D eigenvalue weighted by Gasteiger charge is 2.39. The van der Waals surface area contributed by atoms with Gasteiger partial charge in [-0.2, -0.15) is 0 Å². The van der Waals surface area contributed by atoms with Crippen LogP contribution in [0.2, 0.25) is 5.02 Å². The number of ketones is 1. The lowest BCUT2D eigenvalue weighted by Gasteiger charge is -2.24. The van der Waals surface area contributed by atoms with Gasteiger partial charge in [-0.25, -0.2) is 13.6 Å². The van der Waals surface area contributed by atoms with Crippen molar-refractivity contribution >= 4 is 46.1 Å². The third-order valence-electron chi connectivity index (χ3n) is 6.62. The highest BCUT2D eigenvalue weighted by Crippen LogP contribution is 2.28. The van der Waals surface area contributed by atoms with E-state index in [-0.39, 0.29) is 60.9 Å². The predicted molar refractivity (Wildman–Crippen MR) is 138 cm³/mol. The summed E-state index contributed by atoms with van der Waals surface area (Å²) in [5.41, 5.74) is 6.33. The van der Waals surface area contributed by atoms with Gasteiger partial charge in [-0.05, 0) is 30.2 Å². The minimum absolute atomic E-state index is 0.0548. The molecule has 4 rings (SSSR count). The average molecular weight is 562 g/mol. The molecule has 0 spiro atoms. The molecule has 12 heteroatoms. The van der Waals surface area contributed by atoms with Crippen LogP contribution in [0.25, 0.3) is 10.9 Å². The summed E-state index contributed by atoms with van der Waals surface area (Å²) in [4.78, 5) is 50.9. The van der Waals surface area contributed by atoms with Crippen molar-refractivity contribution in [3.63, 3.8) is 0 Å². The van der Waals surface area contributed by atoms with Crippen molar-refractivity contribution in [2.45, 2.75) is 38.0 Å². The van der Waals surface area contributed by atoms with Crippen LogP contribution in [-0.4, -0.2) is 65.5 Å². The van der Waals surface area contributed by atoms with E-state index in [2.05, 4.69) is 4.74 Å². The lowest BCUT2D eigenvalue weighted by molar-refractivity contribution is -0.142. The molecule has 39 heavy (non-hydrogen) atoms. The van der Waals surface area contributed by atoms with Gasteiger partial charge in [-0.1, -0.05) is 23.7 Å². The Kier molecular flexibility index (Phi) is 8.49. The van der Waals surface area contributed by atoms with E-state index in [1.54, 1.807) is 12.1 Å². The second kappa shape index (κ2) is 11.8. The number of halogens is 3. The minimum atomic E-state index is -1.40. The van der Waals surface area contributed by atoms with E-state index in [9.17, 15) is 28.0 Å². The van der Waals surface area contributed by atoms with Crippen LogP contribution in [-0.2, 0) is 32.1 Å². The normalized spacial score (nSPS) is 16.9. The minimum Gasteiger partial charge on any atom is -0.482 e. The second-order valence-electron chi connectivity index (χ2n) is 9.15. The van der Waals surface area contributed by atoms with Gasteiger partial charge in [-0.15, -0.1) is 0 Å². The van der Waals surface area contributed by atoms with Gasteiger partial charge in [0, 0.05) is 30.5 Å². The molecule has 206 valence electrons. The van der Waals surface area contributed by atoms with E-state index in [1.165, 1.54) is 47.0 Å². The highest BCUT2D eigenvalue weighted by atomic mass is 35.5. The van der Waals surface area contributed by atoms with Crippen LogP contribution in [0.5, 0.6) is 5.75 Å². The summed E-state index contributed by atoms with van der Waals surface area (Å²) >= 11 is 5.81. The molecule has 0 unspecified atom stereocenters. The van der Waals surface area contributed by atoms with E-state index in [0.29, 0.717) is 10.9 Å². The van der Waals surface area contributed by atoms with E-state index < -0.39 is 41.6 Å². The van der Waals surface area contributed by atoms with Crippen LogP contribution >= 0.6 is 11.6 Å². The third-order valence-corrected chi connectivity index (χ3v) is 6.92. The standard InChI is InChI=1S/C27H26ClF2N3O6/c1-38-25(36)14-39-17-6-7-18-19(27(31)37)12-32(21(18)10-17)13-24(35)33-11-16(29)9-22(33)23(34)8-5-15-3-2-4-20(28)26(15)30/h2-4,6-7,10,12,16,22H,5,8-9,11,13-14H2,1H3,(H2,31,37)/t16-,22+/m1/s1. The number of likely N-dealkylation sites (tertiary alicyclic amines) is 1. The molecule has 2 N–H and O–H groups in total. The Labute approximate surface area is 227 Å². The monoisotopic (exact) mass is 561 g/mol. The van der Waals surface area contributed by atoms with E-state index >= 15 is 0 Å². The van der Waals surface area contributed by atoms with E-state index in [0.717, 1.165) is 0 Å². The number of amides is 2. The molecule has 1 aromatic heterocycles. The third kappa shape index (κ3) is 6.19. The SMILES string of the molecule is COC(=O)COc1ccc2c(C(N)=O)cn(CC(=O)N3C[C@H](F)C[C@H]3C(=O)CCc3cccc(Cl)c3F)c2c1. The fourth-order valence-corrected chi connectivity index (χ4v) is 4.85. The fourth-order valence-electron chi connectivity index (χ4n) is 4.66. The number of benzene rings is 2. The van der Waals surface area contributed by atoms with Crippen molar-refractivity contribution in [3.8, 4) is 5.75 Å². The molecule has 9 nitrogen and oxygen atoms in total. The van der Waals surface area contributed by atoms with Crippen molar-refractivity contribution in [2.24, 2.45) is 5.73 Å². The van der Waals surface area contributed by atoms with Gasteiger partial charge >= 0.3 is 5.97 Å². The number of ether oxygens (including phenoxy) is 2. The van der Waals surface area contributed by atoms with E-state index in [1.807, 2.05) is 0 Å². The lowest BCUT2D eigenvalue weighted by Crippen LogP contribution is -2.42. The first-order chi connectivity index (χ1) is 18.6. The maximum Gasteiger partial charge on any atom is 0.343 e. The smallest absolute Gasteiger partial charge is 0.343 e. The van der Waals surface area contributed by atoms with Crippen molar-refractivity contribution in [3.05, 3.63) is 64.6 Å². The highest BCUT2D eigenvalue weighted by molar-refractivity contribution is 6.30. The Hall–Kier alpha value is -3.99. The lowest BCUT2D eigenvalue weighted by atomic mass is 10.0. The first-order valence-electron chi connectivity index (χ1n) is 12.1. The zero-order valence-electron chi connectivity index (χ0n) is 21.0. The van der Waals surface area contributed by atoms with Gasteiger partial charge in [0.2, 0.25) is 5.91 Å². The van der Waals surface area contributed by atoms with Crippen LogP contribution < -0.4 is 10.5 Å². The Balaban J connectivity index is 1.53. The number of carbonyl (C=O) groups is 4. The number of nitrogens with two attached hydrogens (primary N) is 1. The number of Topliss-reactive ketones (excluding diaryl/α,β-unsaturated/α-hetero) is 1. The number of carbonyl (C=O) groups excluding carboxylic acids is 4. The summed E-state index contributed by atoms with van der Waals surface area (Å²) in [5, 5.41) is 0.385. The van der Waals surface area contributed by atoms with Gasteiger partial charge < -0.3 is 24.7 Å². The largest absolute Gasteiger partial charge is 0.482 e. The summed E-state index contributed by atoms with van der Waals surface area (Å²) in [5.74, 6) is -2.59. The number of nitrogens with zero attached hydrogens (tertiary/aromatic N) is 2. The molecule has 2 atom stereocenters. The summed E-state index contributed by atoms with van der Waals surface area (Å²) in [6.07, 6.45) is -0.201. The predicted octanol–water partition coefficient (Wildman–Crippen LogP) is 3.23. The quantitative estimate of drug-likeness (QED) is 0.379. The van der Waals surface area contributed by atoms with Gasteiger partial charge in [0.15, 0.2) is 12.4 Å². The van der Waals surface area contributed by atoms with Crippen molar-refractivity contribution in [1.82, 2.24) is 9.47 Å². The number of rotatable bonds is 10. The number of aryl methyl sites for hydroxylation is 1. The molecule has 1 fully saturated rings. The molecule has 0 aliphatic carbocycles. The molecular weight excluding hydrogens is 536 g/mol. The van der Waals surface area contributed by atoms with Gasteiger partial charge in [0.25, 0.3) is 5.91 Å². The molecule has 2 heterocycles. The zero-order chi connectivity index (χ0) is 28.3. The zero-order valence-corrected chi connectivity index (χ0v) is 21.7. The van der Waals surface area contributed by atoms with Gasteiger partial charge in [-0.3, -0.25) is 14.4 Å². The van der Waals surface area contributed by atoms with Crippen molar-refractivity contribution < 1.29 is 37.4 Å². The molecule has 1 saturated heterocycles. The van der Waals surface area contributed by atoms with Crippen LogP contribution in [0.3, 0.4) is 0 Å². The Morgan fingerprint density at radius 1 is 1.18 bits per heavy atom. The number of hydrogen-bond acceptors (Lipinski definition) is 6. The molecule has 0 radical (unpaired) electrons. The Morgan fingerprint density at radius 3 is 2.67 bits per heavy atom. The molecule has 1 aliphatic rings. The molecule has 1 aliphatic heterocycles. The van der Waals surface area contributed by atoms with Crippen molar-refractivity contribution in [2.75, 3.05) is 20.3 Å². The molecule has 3 aromatic rings. The fraction of sp³-hybridized carbons (Fsp3) is 0.333. The summed E-state index contributed by atoms with van der Waals surface area (Å²) in [6, 6.07) is 8.11. The number of fused-ring (bicyclic) bond motifs is 1. The molecule has 0 bridgehead atoms. The summed E-state index contributed by atoms with van der Waals surface area (Å²) in [6.45, 7) is -0.932. The molecule has 2 amide bonds. The van der Waals surface area contributed by atoms with E-state index in [4.69, 9.17) is 22.1 Å². The maximum atomic E-state index is 14.4. The number of methoxy groups -OCH3 is 1. The topological polar surface area (TPSA) is 121 Å². The van der Waals surface area contributed by atoms with Crippen LogP contribution in [0, 0.1) is 5.82 Å². The first-order valence-corrected chi connectivity index (χ1v) is 12.5. The summed E-state index contributed by atoms with van der Waals surface area (Å²) < 4.78 is 40.1. The van der Waals surface area contributed by atoms with Gasteiger partial charge in [0.1, 0.15) is 24.3 Å². The molecular formula is C27H26ClF2N3O6. The number of alkyl halides is 1. The molecule has 0 saturated carbocycles. The number of esters is 1. The maximum absolute atomic E-state index is 14.4. The average Bonchev–Trinajstić information content (AvgIpc) is 3.48. The molecule has 2 aromatic carbocycles. The van der Waals surface area contributed by atoms with Crippen LogP contribution in [0.1, 0.15) is 28.8 Å². The summed E-state index contributed by atoms with van der Waals surface area (Å²) in [7, 11) is 1.22.